The van der Waals surface area contributed by atoms with Crippen LogP contribution in [0.25, 0.3) is 11.0 Å². The summed E-state index contributed by atoms with van der Waals surface area (Å²) < 4.78 is 1.91. The molecule has 6 heteroatoms. The van der Waals surface area contributed by atoms with Crippen LogP contribution < -0.4 is 11.1 Å². The molecule has 0 spiro atoms. The number of rotatable bonds is 4. The van der Waals surface area contributed by atoms with Gasteiger partial charge in [0, 0.05) is 26.2 Å². The fraction of sp³-hybridized carbons (Fsp3) is 0.300. The zero-order valence-electron chi connectivity index (χ0n) is 8.97. The average Bonchev–Trinajstić information content (AvgIpc) is 2.61. The van der Waals surface area contributed by atoms with Gasteiger partial charge >= 0.3 is 0 Å². The van der Waals surface area contributed by atoms with E-state index in [4.69, 9.17) is 5.73 Å². The number of aromatic nitrogens is 3. The first-order valence-corrected chi connectivity index (χ1v) is 4.96. The van der Waals surface area contributed by atoms with Gasteiger partial charge in [-0.3, -0.25) is 4.79 Å². The lowest BCUT2D eigenvalue weighted by molar-refractivity contribution is -0.117. The van der Waals surface area contributed by atoms with E-state index in [2.05, 4.69) is 15.3 Å². The van der Waals surface area contributed by atoms with Gasteiger partial charge in [0.25, 0.3) is 0 Å². The largest absolute Gasteiger partial charge is 0.370 e. The number of anilines is 1. The second kappa shape index (κ2) is 4.18. The summed E-state index contributed by atoms with van der Waals surface area (Å²) >= 11 is 0. The normalized spacial score (nSPS) is 10.6. The zero-order chi connectivity index (χ0) is 11.5. The van der Waals surface area contributed by atoms with E-state index >= 15 is 0 Å². The molecule has 0 radical (unpaired) electrons. The molecule has 84 valence electrons. The van der Waals surface area contributed by atoms with Crippen molar-refractivity contribution in [3.8, 4) is 0 Å². The molecule has 2 aromatic rings. The number of carbonyl (C=O) groups excluding carboxylic acids is 1. The molecule has 6 nitrogen and oxygen atoms in total. The van der Waals surface area contributed by atoms with E-state index in [1.54, 1.807) is 12.5 Å². The van der Waals surface area contributed by atoms with Crippen LogP contribution in [0.2, 0.25) is 0 Å². The molecule has 3 N–H and O–H groups in total. The number of imidazole rings is 1. The van der Waals surface area contributed by atoms with E-state index in [0.717, 1.165) is 11.0 Å². The zero-order valence-corrected chi connectivity index (χ0v) is 8.97. The van der Waals surface area contributed by atoms with E-state index in [1.807, 2.05) is 17.7 Å². The summed E-state index contributed by atoms with van der Waals surface area (Å²) in [7, 11) is 1.92. The summed E-state index contributed by atoms with van der Waals surface area (Å²) in [5, 5.41) is 3.04. The number of hydrogen-bond acceptors (Lipinski definition) is 4. The molecule has 2 heterocycles. The first-order chi connectivity index (χ1) is 7.68. The molecule has 1 amide bonds. The van der Waals surface area contributed by atoms with E-state index in [0.29, 0.717) is 12.4 Å². The van der Waals surface area contributed by atoms with Gasteiger partial charge in [-0.15, -0.1) is 0 Å². The van der Waals surface area contributed by atoms with Gasteiger partial charge in [-0.25, -0.2) is 9.97 Å². The first-order valence-electron chi connectivity index (χ1n) is 4.96. The molecule has 2 rings (SSSR count). The lowest BCUT2D eigenvalue weighted by atomic mass is 10.3. The molecule has 0 unspecified atom stereocenters. The molecule has 0 saturated heterocycles. The Morgan fingerprint density at radius 3 is 3.12 bits per heavy atom. The lowest BCUT2D eigenvalue weighted by Gasteiger charge is -2.04. The third-order valence-corrected chi connectivity index (χ3v) is 2.31. The van der Waals surface area contributed by atoms with Gasteiger partial charge in [0.1, 0.15) is 5.52 Å². The molecule has 0 bridgehead atoms. The minimum atomic E-state index is -0.333. The van der Waals surface area contributed by atoms with Crippen molar-refractivity contribution in [1.29, 1.82) is 0 Å². The molecule has 0 aliphatic heterocycles. The maximum atomic E-state index is 10.6. The van der Waals surface area contributed by atoms with Crippen molar-refractivity contribution in [2.24, 2.45) is 12.8 Å². The van der Waals surface area contributed by atoms with Crippen molar-refractivity contribution >= 4 is 22.8 Å². The molecule has 16 heavy (non-hydrogen) atoms. The van der Waals surface area contributed by atoms with Crippen molar-refractivity contribution in [3.05, 3.63) is 18.6 Å². The van der Waals surface area contributed by atoms with Crippen LogP contribution in [0, 0.1) is 0 Å². The molecular weight excluding hydrogens is 206 g/mol. The smallest absolute Gasteiger partial charge is 0.219 e. The maximum absolute atomic E-state index is 10.6. The number of carbonyl (C=O) groups is 1. The standard InChI is InChI=1S/C10H13N5O/c1-15-6-14-9-7(15)2-4-12-10(9)13-5-3-8(11)16/h2,4,6H,3,5H2,1H3,(H2,11,16)(H,12,13). The Kier molecular flexibility index (Phi) is 2.72. The van der Waals surface area contributed by atoms with E-state index in [1.165, 1.54) is 0 Å². The van der Waals surface area contributed by atoms with Crippen LogP contribution in [0.3, 0.4) is 0 Å². The van der Waals surface area contributed by atoms with Crippen LogP contribution in [0.15, 0.2) is 18.6 Å². The predicted molar refractivity (Wildman–Crippen MR) is 60.8 cm³/mol. The Balaban J connectivity index is 2.20. The molecule has 0 aromatic carbocycles. The number of hydrogen-bond donors (Lipinski definition) is 2. The van der Waals surface area contributed by atoms with Gasteiger partial charge in [-0.05, 0) is 6.07 Å². The second-order valence-electron chi connectivity index (χ2n) is 3.53. The first kappa shape index (κ1) is 10.4. The Bertz CT molecular complexity index is 519. The highest BCUT2D eigenvalue weighted by atomic mass is 16.1. The second-order valence-corrected chi connectivity index (χ2v) is 3.53. The van der Waals surface area contributed by atoms with Gasteiger partial charge < -0.3 is 15.6 Å². The number of fused-ring (bicyclic) bond motifs is 1. The lowest BCUT2D eigenvalue weighted by Crippen LogP contribution is -2.16. The topological polar surface area (TPSA) is 85.8 Å². The van der Waals surface area contributed by atoms with Crippen molar-refractivity contribution < 1.29 is 4.79 Å². The number of nitrogens with zero attached hydrogens (tertiary/aromatic N) is 3. The van der Waals surface area contributed by atoms with Gasteiger partial charge in [0.2, 0.25) is 5.91 Å². The van der Waals surface area contributed by atoms with Gasteiger partial charge in [0.15, 0.2) is 5.82 Å². The molecule has 0 atom stereocenters. The number of amides is 1. The van der Waals surface area contributed by atoms with Crippen LogP contribution in [-0.2, 0) is 11.8 Å². The summed E-state index contributed by atoms with van der Waals surface area (Å²) in [6.45, 7) is 0.470. The summed E-state index contributed by atoms with van der Waals surface area (Å²) in [5.41, 5.74) is 6.85. The van der Waals surface area contributed by atoms with Crippen molar-refractivity contribution in [2.45, 2.75) is 6.42 Å². The quantitative estimate of drug-likeness (QED) is 0.772. The van der Waals surface area contributed by atoms with Crippen LogP contribution in [0.1, 0.15) is 6.42 Å². The highest BCUT2D eigenvalue weighted by Gasteiger charge is 2.06. The Hall–Kier alpha value is -2.11. The molecule has 2 aromatic heterocycles. The Morgan fingerprint density at radius 1 is 1.56 bits per heavy atom. The highest BCUT2D eigenvalue weighted by molar-refractivity contribution is 5.85. The number of primary amides is 1. The Labute approximate surface area is 92.5 Å². The fourth-order valence-corrected chi connectivity index (χ4v) is 1.50. The molecule has 0 saturated carbocycles. The third kappa shape index (κ3) is 1.95. The van der Waals surface area contributed by atoms with Crippen molar-refractivity contribution in [1.82, 2.24) is 14.5 Å². The summed E-state index contributed by atoms with van der Waals surface area (Å²) in [6.07, 6.45) is 3.72. The molecule has 0 fully saturated rings. The van der Waals surface area contributed by atoms with E-state index in [9.17, 15) is 4.79 Å². The van der Waals surface area contributed by atoms with Crippen LogP contribution in [0.4, 0.5) is 5.82 Å². The third-order valence-electron chi connectivity index (χ3n) is 2.31. The minimum Gasteiger partial charge on any atom is -0.370 e. The molecule has 0 aliphatic carbocycles. The van der Waals surface area contributed by atoms with Gasteiger partial charge in [-0.2, -0.15) is 0 Å². The Morgan fingerprint density at radius 2 is 2.38 bits per heavy atom. The van der Waals surface area contributed by atoms with Gasteiger partial charge in [-0.1, -0.05) is 0 Å². The molecular formula is C10H13N5O. The van der Waals surface area contributed by atoms with Crippen LogP contribution in [0.5, 0.6) is 0 Å². The average molecular weight is 219 g/mol. The number of nitrogens with two attached hydrogens (primary N) is 1. The van der Waals surface area contributed by atoms with Crippen molar-refractivity contribution in [2.75, 3.05) is 11.9 Å². The SMILES string of the molecule is Cn1cnc2c(NCCC(N)=O)nccc21. The van der Waals surface area contributed by atoms with Crippen LogP contribution in [-0.4, -0.2) is 27.0 Å². The summed E-state index contributed by atoms with van der Waals surface area (Å²) in [5.74, 6) is 0.347. The number of aryl methyl sites for hydroxylation is 1. The van der Waals surface area contributed by atoms with Crippen molar-refractivity contribution in [3.63, 3.8) is 0 Å². The van der Waals surface area contributed by atoms with E-state index in [-0.39, 0.29) is 12.3 Å². The number of pyridine rings is 1. The minimum absolute atomic E-state index is 0.283. The monoisotopic (exact) mass is 219 g/mol. The summed E-state index contributed by atoms with van der Waals surface area (Å²) in [4.78, 5) is 19.0. The van der Waals surface area contributed by atoms with Gasteiger partial charge in [0.05, 0.1) is 11.8 Å². The summed E-state index contributed by atoms with van der Waals surface area (Å²) in [6, 6.07) is 1.89. The molecule has 0 aliphatic rings. The number of nitrogens with one attached hydrogen (secondary N) is 1. The maximum Gasteiger partial charge on any atom is 0.219 e. The fourth-order valence-electron chi connectivity index (χ4n) is 1.50. The van der Waals surface area contributed by atoms with E-state index < -0.39 is 0 Å². The highest BCUT2D eigenvalue weighted by Crippen LogP contribution is 2.18. The predicted octanol–water partition coefficient (Wildman–Crippen LogP) is 0.256. The van der Waals surface area contributed by atoms with Crippen LogP contribution >= 0.6 is 0 Å².